The average molecular weight is 234 g/mol. The van der Waals surface area contributed by atoms with Crippen LogP contribution in [0.4, 0.5) is 5.82 Å². The molecule has 2 atom stereocenters. The van der Waals surface area contributed by atoms with Crippen LogP contribution in [-0.2, 0) is 6.61 Å². The summed E-state index contributed by atoms with van der Waals surface area (Å²) >= 11 is 0. The van der Waals surface area contributed by atoms with Crippen LogP contribution in [0.1, 0.15) is 38.2 Å². The number of aliphatic hydroxyl groups excluding tert-OH is 1. The Balaban J connectivity index is 2.09. The number of aliphatic hydroxyl groups is 1. The first-order valence-corrected chi connectivity index (χ1v) is 6.49. The van der Waals surface area contributed by atoms with E-state index < -0.39 is 0 Å². The molecule has 0 radical (unpaired) electrons. The zero-order chi connectivity index (χ0) is 12.3. The first kappa shape index (κ1) is 12.4. The van der Waals surface area contributed by atoms with Crippen molar-refractivity contribution in [3.05, 3.63) is 23.9 Å². The first-order chi connectivity index (χ1) is 8.20. The minimum atomic E-state index is 0.0877. The number of hydrogen-bond donors (Lipinski definition) is 1. The fourth-order valence-corrected chi connectivity index (χ4v) is 2.69. The van der Waals surface area contributed by atoms with Crippen LogP contribution in [0, 0.1) is 5.92 Å². The summed E-state index contributed by atoms with van der Waals surface area (Å²) in [7, 11) is 2.12. The maximum absolute atomic E-state index is 9.15. The smallest absolute Gasteiger partial charge is 0.128 e. The largest absolute Gasteiger partial charge is 0.392 e. The van der Waals surface area contributed by atoms with Crippen LogP contribution in [0.25, 0.3) is 0 Å². The zero-order valence-corrected chi connectivity index (χ0v) is 10.8. The monoisotopic (exact) mass is 234 g/mol. The lowest BCUT2D eigenvalue weighted by Gasteiger charge is -2.35. The molecule has 1 saturated carbocycles. The normalized spacial score (nSPS) is 24.6. The van der Waals surface area contributed by atoms with Gasteiger partial charge in [0.15, 0.2) is 0 Å². The van der Waals surface area contributed by atoms with Gasteiger partial charge in [-0.3, -0.25) is 0 Å². The fourth-order valence-electron chi connectivity index (χ4n) is 2.69. The third kappa shape index (κ3) is 2.97. The molecule has 0 bridgehead atoms. The van der Waals surface area contributed by atoms with Crippen LogP contribution in [0.5, 0.6) is 0 Å². The third-order valence-corrected chi connectivity index (χ3v) is 3.81. The maximum atomic E-state index is 9.15. The molecule has 0 saturated heterocycles. The molecule has 3 heteroatoms. The summed E-state index contributed by atoms with van der Waals surface area (Å²) in [5, 5.41) is 9.15. The van der Waals surface area contributed by atoms with Crippen molar-refractivity contribution in [1.29, 1.82) is 0 Å². The van der Waals surface area contributed by atoms with Crippen molar-refractivity contribution >= 4 is 5.82 Å². The van der Waals surface area contributed by atoms with Gasteiger partial charge >= 0.3 is 0 Å². The highest BCUT2D eigenvalue weighted by molar-refractivity contribution is 5.41. The van der Waals surface area contributed by atoms with Gasteiger partial charge in [0.2, 0.25) is 0 Å². The Morgan fingerprint density at radius 1 is 1.47 bits per heavy atom. The number of rotatable bonds is 3. The molecule has 3 nitrogen and oxygen atoms in total. The summed E-state index contributed by atoms with van der Waals surface area (Å²) in [6.45, 7) is 2.42. The number of anilines is 1. The van der Waals surface area contributed by atoms with Crippen LogP contribution >= 0.6 is 0 Å². The predicted molar refractivity (Wildman–Crippen MR) is 70.0 cm³/mol. The highest BCUT2D eigenvalue weighted by atomic mass is 16.3. The van der Waals surface area contributed by atoms with E-state index in [0.717, 1.165) is 17.3 Å². The maximum Gasteiger partial charge on any atom is 0.128 e. The van der Waals surface area contributed by atoms with E-state index in [1.807, 2.05) is 12.1 Å². The van der Waals surface area contributed by atoms with E-state index in [2.05, 4.69) is 23.9 Å². The van der Waals surface area contributed by atoms with Gasteiger partial charge in [-0.15, -0.1) is 0 Å². The Bertz CT molecular complexity index is 367. The molecule has 1 fully saturated rings. The Hall–Kier alpha value is -1.09. The molecule has 2 unspecified atom stereocenters. The van der Waals surface area contributed by atoms with Gasteiger partial charge in [0.05, 0.1) is 6.61 Å². The van der Waals surface area contributed by atoms with Crippen molar-refractivity contribution in [2.24, 2.45) is 5.92 Å². The summed E-state index contributed by atoms with van der Waals surface area (Å²) in [4.78, 5) is 6.67. The molecule has 0 spiro atoms. The van der Waals surface area contributed by atoms with Crippen molar-refractivity contribution in [3.8, 4) is 0 Å². The van der Waals surface area contributed by atoms with Crippen LogP contribution in [0.2, 0.25) is 0 Å². The molecule has 17 heavy (non-hydrogen) atoms. The SMILES string of the molecule is CC1CCCC(N(C)c2cc(CO)ccn2)C1. The summed E-state index contributed by atoms with van der Waals surface area (Å²) < 4.78 is 0. The molecule has 0 aliphatic heterocycles. The van der Waals surface area contributed by atoms with Crippen molar-refractivity contribution in [1.82, 2.24) is 4.98 Å². The molecular weight excluding hydrogens is 212 g/mol. The number of hydrogen-bond acceptors (Lipinski definition) is 3. The molecule has 1 aliphatic carbocycles. The van der Waals surface area contributed by atoms with Gasteiger partial charge in [0, 0.05) is 19.3 Å². The number of pyridine rings is 1. The Morgan fingerprint density at radius 3 is 3.00 bits per heavy atom. The molecule has 94 valence electrons. The minimum absolute atomic E-state index is 0.0877. The quantitative estimate of drug-likeness (QED) is 0.873. The predicted octanol–water partition coefficient (Wildman–Crippen LogP) is 2.59. The molecule has 1 heterocycles. The van der Waals surface area contributed by atoms with E-state index in [-0.39, 0.29) is 6.61 Å². The third-order valence-electron chi connectivity index (χ3n) is 3.81. The van der Waals surface area contributed by atoms with Crippen LogP contribution in [-0.4, -0.2) is 23.2 Å². The van der Waals surface area contributed by atoms with E-state index in [4.69, 9.17) is 5.11 Å². The number of aromatic nitrogens is 1. The summed E-state index contributed by atoms with van der Waals surface area (Å²) in [5.74, 6) is 1.80. The average Bonchev–Trinajstić information content (AvgIpc) is 2.38. The molecular formula is C14H22N2O. The van der Waals surface area contributed by atoms with Crippen LogP contribution in [0.3, 0.4) is 0 Å². The van der Waals surface area contributed by atoms with Gasteiger partial charge in [-0.1, -0.05) is 19.8 Å². The van der Waals surface area contributed by atoms with Gasteiger partial charge in [0.25, 0.3) is 0 Å². The summed E-state index contributed by atoms with van der Waals surface area (Å²) in [6, 6.07) is 4.44. The molecule has 0 amide bonds. The van der Waals surface area contributed by atoms with E-state index in [9.17, 15) is 0 Å². The van der Waals surface area contributed by atoms with Crippen molar-refractivity contribution < 1.29 is 5.11 Å². The van der Waals surface area contributed by atoms with Crippen LogP contribution in [0.15, 0.2) is 18.3 Å². The van der Waals surface area contributed by atoms with E-state index >= 15 is 0 Å². The topological polar surface area (TPSA) is 36.4 Å². The lowest BCUT2D eigenvalue weighted by molar-refractivity contribution is 0.281. The molecule has 0 aromatic carbocycles. The van der Waals surface area contributed by atoms with Gasteiger partial charge in [-0.05, 0) is 36.5 Å². The van der Waals surface area contributed by atoms with E-state index in [0.29, 0.717) is 6.04 Å². The second kappa shape index (κ2) is 5.50. The molecule has 1 aliphatic rings. The highest BCUT2D eigenvalue weighted by Crippen LogP contribution is 2.28. The van der Waals surface area contributed by atoms with Gasteiger partial charge in [0.1, 0.15) is 5.82 Å². The fraction of sp³-hybridized carbons (Fsp3) is 0.643. The van der Waals surface area contributed by atoms with E-state index in [1.165, 1.54) is 25.7 Å². The zero-order valence-electron chi connectivity index (χ0n) is 10.8. The van der Waals surface area contributed by atoms with Gasteiger partial charge < -0.3 is 10.0 Å². The Kier molecular flexibility index (Phi) is 4.00. The second-order valence-corrected chi connectivity index (χ2v) is 5.22. The summed E-state index contributed by atoms with van der Waals surface area (Å²) in [6.07, 6.45) is 6.96. The lowest BCUT2D eigenvalue weighted by atomic mass is 9.86. The minimum Gasteiger partial charge on any atom is -0.392 e. The van der Waals surface area contributed by atoms with Crippen molar-refractivity contribution in [2.75, 3.05) is 11.9 Å². The highest BCUT2D eigenvalue weighted by Gasteiger charge is 2.23. The van der Waals surface area contributed by atoms with Crippen molar-refractivity contribution in [2.45, 2.75) is 45.3 Å². The van der Waals surface area contributed by atoms with E-state index in [1.54, 1.807) is 6.20 Å². The first-order valence-electron chi connectivity index (χ1n) is 6.49. The number of nitrogens with zero attached hydrogens (tertiary/aromatic N) is 2. The second-order valence-electron chi connectivity index (χ2n) is 5.22. The molecule has 1 aromatic rings. The van der Waals surface area contributed by atoms with Gasteiger partial charge in [-0.25, -0.2) is 4.98 Å². The molecule has 1 N–H and O–H groups in total. The van der Waals surface area contributed by atoms with Crippen molar-refractivity contribution in [3.63, 3.8) is 0 Å². The molecule has 2 rings (SSSR count). The standard InChI is InChI=1S/C14H22N2O/c1-11-4-3-5-13(8-11)16(2)14-9-12(10-17)6-7-15-14/h6-7,9,11,13,17H,3-5,8,10H2,1-2H3. The molecule has 1 aromatic heterocycles. The summed E-state index contributed by atoms with van der Waals surface area (Å²) in [5.41, 5.74) is 0.936. The Labute approximate surface area is 103 Å². The van der Waals surface area contributed by atoms with Crippen LogP contribution < -0.4 is 4.90 Å². The lowest BCUT2D eigenvalue weighted by Crippen LogP contribution is -2.36. The van der Waals surface area contributed by atoms with Gasteiger partial charge in [-0.2, -0.15) is 0 Å². The Morgan fingerprint density at radius 2 is 2.29 bits per heavy atom.